The number of ketones is 1. The molecule has 1 saturated heterocycles. The van der Waals surface area contributed by atoms with Crippen molar-refractivity contribution in [3.05, 3.63) is 29.6 Å². The van der Waals surface area contributed by atoms with Crippen LogP contribution in [0.4, 0.5) is 9.18 Å². The Balaban J connectivity index is 1.70. The zero-order valence-electron chi connectivity index (χ0n) is 13.5. The lowest BCUT2D eigenvalue weighted by Crippen LogP contribution is -2.52. The van der Waals surface area contributed by atoms with Crippen LogP contribution >= 0.6 is 0 Å². The molecule has 2 aliphatic rings. The molecule has 0 atom stereocenters. The van der Waals surface area contributed by atoms with E-state index in [9.17, 15) is 14.0 Å². The van der Waals surface area contributed by atoms with Gasteiger partial charge >= 0.3 is 6.09 Å². The summed E-state index contributed by atoms with van der Waals surface area (Å²) in [6, 6.07) is 3.98. The number of rotatable bonds is 0. The molecule has 2 heterocycles. The molecule has 1 spiro atoms. The van der Waals surface area contributed by atoms with Gasteiger partial charge in [0, 0.05) is 25.9 Å². The van der Waals surface area contributed by atoms with Crippen LogP contribution in [-0.2, 0) is 4.74 Å². The van der Waals surface area contributed by atoms with E-state index in [0.29, 0.717) is 31.7 Å². The molecule has 2 aliphatic heterocycles. The Morgan fingerprint density at radius 2 is 1.96 bits per heavy atom. The monoisotopic (exact) mass is 321 g/mol. The van der Waals surface area contributed by atoms with E-state index in [4.69, 9.17) is 9.47 Å². The molecule has 1 aromatic carbocycles. The topological polar surface area (TPSA) is 55.8 Å². The van der Waals surface area contributed by atoms with Gasteiger partial charge in [0.2, 0.25) is 5.78 Å². The predicted molar refractivity (Wildman–Crippen MR) is 81.1 cm³/mol. The molecule has 5 nitrogen and oxygen atoms in total. The molecule has 0 bridgehead atoms. The highest BCUT2D eigenvalue weighted by atomic mass is 19.1. The van der Waals surface area contributed by atoms with Gasteiger partial charge in [-0.1, -0.05) is 0 Å². The second-order valence-electron chi connectivity index (χ2n) is 7.03. The number of Topliss-reactive ketones (excluding diaryl/α,β-unsaturated/α-hetero) is 1. The summed E-state index contributed by atoms with van der Waals surface area (Å²) in [5.41, 5.74) is -1.25. The van der Waals surface area contributed by atoms with Crippen molar-refractivity contribution < 1.29 is 23.5 Å². The first-order valence-electron chi connectivity index (χ1n) is 7.71. The smallest absolute Gasteiger partial charge is 0.410 e. The summed E-state index contributed by atoms with van der Waals surface area (Å²) in [6.45, 7) is 6.18. The van der Waals surface area contributed by atoms with E-state index in [1.54, 1.807) is 4.90 Å². The summed E-state index contributed by atoms with van der Waals surface area (Å²) in [7, 11) is 0. The van der Waals surface area contributed by atoms with E-state index in [1.165, 1.54) is 18.2 Å². The Hall–Kier alpha value is -2.11. The number of ether oxygens (including phenoxy) is 2. The van der Waals surface area contributed by atoms with Crippen molar-refractivity contribution in [2.45, 2.75) is 44.8 Å². The van der Waals surface area contributed by atoms with E-state index in [-0.39, 0.29) is 17.4 Å². The first kappa shape index (κ1) is 15.8. The number of hydrogen-bond donors (Lipinski definition) is 0. The SMILES string of the molecule is CC(C)(C)OC(=O)N1CCC2(CC1)Oc1ccc(F)cc1C2=O. The van der Waals surface area contributed by atoms with E-state index in [1.807, 2.05) is 20.8 Å². The Morgan fingerprint density at radius 1 is 1.30 bits per heavy atom. The third-order valence-electron chi connectivity index (χ3n) is 4.13. The predicted octanol–water partition coefficient (Wildman–Crippen LogP) is 3.17. The van der Waals surface area contributed by atoms with Crippen LogP contribution in [0, 0.1) is 5.82 Å². The van der Waals surface area contributed by atoms with Gasteiger partial charge in [0.1, 0.15) is 17.2 Å². The Bertz CT molecular complexity index is 657. The second kappa shape index (κ2) is 5.22. The number of carbonyl (C=O) groups is 2. The maximum Gasteiger partial charge on any atom is 0.410 e. The molecule has 124 valence electrons. The van der Waals surface area contributed by atoms with Crippen LogP contribution in [0.5, 0.6) is 5.75 Å². The molecule has 3 rings (SSSR count). The summed E-state index contributed by atoms with van der Waals surface area (Å²) in [4.78, 5) is 26.3. The number of amides is 1. The second-order valence-corrected chi connectivity index (χ2v) is 7.03. The third-order valence-corrected chi connectivity index (χ3v) is 4.13. The number of halogens is 1. The number of benzene rings is 1. The minimum atomic E-state index is -0.978. The first-order valence-corrected chi connectivity index (χ1v) is 7.71. The highest BCUT2D eigenvalue weighted by molar-refractivity contribution is 6.07. The molecule has 1 fully saturated rings. The van der Waals surface area contributed by atoms with Crippen LogP contribution in [0.1, 0.15) is 44.0 Å². The van der Waals surface area contributed by atoms with E-state index >= 15 is 0 Å². The van der Waals surface area contributed by atoms with Gasteiger partial charge in [-0.3, -0.25) is 4.79 Å². The van der Waals surface area contributed by atoms with Crippen molar-refractivity contribution in [2.24, 2.45) is 0 Å². The lowest BCUT2D eigenvalue weighted by atomic mass is 9.86. The molecule has 23 heavy (non-hydrogen) atoms. The number of fused-ring (bicyclic) bond motifs is 1. The van der Waals surface area contributed by atoms with Crippen molar-refractivity contribution in [3.63, 3.8) is 0 Å². The molecular formula is C17H20FNO4. The molecule has 0 N–H and O–H groups in total. The zero-order chi connectivity index (χ0) is 16.8. The Kier molecular flexibility index (Phi) is 3.58. The van der Waals surface area contributed by atoms with Crippen LogP contribution in [0.15, 0.2) is 18.2 Å². The fourth-order valence-corrected chi connectivity index (χ4v) is 2.98. The van der Waals surface area contributed by atoms with Crippen LogP contribution < -0.4 is 4.74 Å². The summed E-state index contributed by atoms with van der Waals surface area (Å²) in [5, 5.41) is 0. The maximum atomic E-state index is 13.3. The van der Waals surface area contributed by atoms with Crippen molar-refractivity contribution in [1.82, 2.24) is 4.90 Å². The average molecular weight is 321 g/mol. The maximum absolute atomic E-state index is 13.3. The quantitative estimate of drug-likeness (QED) is 0.736. The van der Waals surface area contributed by atoms with Crippen molar-refractivity contribution in [3.8, 4) is 5.75 Å². The summed E-state index contributed by atoms with van der Waals surface area (Å²) in [6.07, 6.45) is 0.365. The van der Waals surface area contributed by atoms with Crippen LogP contribution in [-0.4, -0.2) is 41.1 Å². The van der Waals surface area contributed by atoms with Crippen molar-refractivity contribution in [2.75, 3.05) is 13.1 Å². The van der Waals surface area contributed by atoms with Crippen LogP contribution in [0.2, 0.25) is 0 Å². The van der Waals surface area contributed by atoms with Crippen molar-refractivity contribution >= 4 is 11.9 Å². The van der Waals surface area contributed by atoms with Gasteiger partial charge < -0.3 is 14.4 Å². The summed E-state index contributed by atoms with van der Waals surface area (Å²) >= 11 is 0. The van der Waals surface area contributed by atoms with Crippen LogP contribution in [0.3, 0.4) is 0 Å². The minimum absolute atomic E-state index is 0.198. The lowest BCUT2D eigenvalue weighted by Gasteiger charge is -2.37. The van der Waals surface area contributed by atoms with Crippen LogP contribution in [0.25, 0.3) is 0 Å². The minimum Gasteiger partial charge on any atom is -0.478 e. The number of piperidine rings is 1. The Labute approximate surface area is 134 Å². The van der Waals surface area contributed by atoms with E-state index in [0.717, 1.165) is 0 Å². The zero-order valence-corrected chi connectivity index (χ0v) is 13.5. The molecule has 6 heteroatoms. The van der Waals surface area contributed by atoms with Gasteiger partial charge in [0.05, 0.1) is 5.56 Å². The standard InChI is InChI=1S/C17H20FNO4/c1-16(2,3)23-15(21)19-8-6-17(7-9-19)14(20)12-10-11(18)4-5-13(12)22-17/h4-5,10H,6-9H2,1-3H3. The first-order chi connectivity index (χ1) is 10.7. The normalized spacial score (nSPS) is 19.5. The average Bonchev–Trinajstić information content (AvgIpc) is 2.71. The number of likely N-dealkylation sites (tertiary alicyclic amines) is 1. The molecule has 0 unspecified atom stereocenters. The molecule has 1 amide bonds. The summed E-state index contributed by atoms with van der Waals surface area (Å²) < 4.78 is 24.5. The third kappa shape index (κ3) is 2.90. The lowest BCUT2D eigenvalue weighted by molar-refractivity contribution is -0.00474. The molecule has 0 radical (unpaired) electrons. The molecule has 0 aliphatic carbocycles. The number of nitrogens with zero attached hydrogens (tertiary/aromatic N) is 1. The Morgan fingerprint density at radius 3 is 2.57 bits per heavy atom. The van der Waals surface area contributed by atoms with Crippen molar-refractivity contribution in [1.29, 1.82) is 0 Å². The van der Waals surface area contributed by atoms with Gasteiger partial charge in [0.25, 0.3) is 0 Å². The number of hydrogen-bond acceptors (Lipinski definition) is 4. The molecule has 0 saturated carbocycles. The van der Waals surface area contributed by atoms with Gasteiger partial charge in [-0.15, -0.1) is 0 Å². The summed E-state index contributed by atoms with van der Waals surface area (Å²) in [5.74, 6) is -0.234. The molecule has 0 aromatic heterocycles. The highest BCUT2D eigenvalue weighted by Crippen LogP contribution is 2.41. The largest absolute Gasteiger partial charge is 0.478 e. The van der Waals surface area contributed by atoms with Gasteiger partial charge in [0.15, 0.2) is 5.60 Å². The molecular weight excluding hydrogens is 301 g/mol. The fraction of sp³-hybridized carbons (Fsp3) is 0.529. The highest BCUT2D eigenvalue weighted by Gasteiger charge is 2.50. The molecule has 1 aromatic rings. The van der Waals surface area contributed by atoms with Gasteiger partial charge in [-0.25, -0.2) is 9.18 Å². The number of carbonyl (C=O) groups excluding carboxylic acids is 2. The van der Waals surface area contributed by atoms with E-state index in [2.05, 4.69) is 0 Å². The van der Waals surface area contributed by atoms with Gasteiger partial charge in [-0.05, 0) is 39.0 Å². The fourth-order valence-electron chi connectivity index (χ4n) is 2.98. The van der Waals surface area contributed by atoms with E-state index < -0.39 is 17.0 Å². The van der Waals surface area contributed by atoms with Gasteiger partial charge in [-0.2, -0.15) is 0 Å².